The zero-order chi connectivity index (χ0) is 12.3. The second kappa shape index (κ2) is 5.74. The molecule has 1 heterocycles. The molecule has 94 valence electrons. The Balaban J connectivity index is 2.13. The molecule has 17 heavy (non-hydrogen) atoms. The first-order valence-electron chi connectivity index (χ1n) is 6.33. The van der Waals surface area contributed by atoms with E-state index >= 15 is 0 Å². The molecule has 1 aromatic rings. The maximum atomic E-state index is 6.35. The second-order valence-corrected chi connectivity index (χ2v) is 5.28. The molecule has 0 aliphatic carbocycles. The van der Waals surface area contributed by atoms with Gasteiger partial charge in [0.2, 0.25) is 0 Å². The monoisotopic (exact) mass is 253 g/mol. The van der Waals surface area contributed by atoms with Gasteiger partial charge in [-0.3, -0.25) is 0 Å². The lowest BCUT2D eigenvalue weighted by atomic mass is 9.90. The summed E-state index contributed by atoms with van der Waals surface area (Å²) < 4.78 is 5.64. The summed E-state index contributed by atoms with van der Waals surface area (Å²) in [6.45, 7) is 6.22. The van der Waals surface area contributed by atoms with Crippen LogP contribution in [0.3, 0.4) is 0 Å². The highest BCUT2D eigenvalue weighted by Gasteiger charge is 2.18. The third-order valence-corrected chi connectivity index (χ3v) is 3.45. The molecule has 0 aromatic heterocycles. The first kappa shape index (κ1) is 12.7. The van der Waals surface area contributed by atoms with E-state index in [2.05, 4.69) is 11.4 Å². The molecule has 2 nitrogen and oxygen atoms in total. The molecule has 1 aromatic carbocycles. The number of rotatable bonds is 3. The van der Waals surface area contributed by atoms with Gasteiger partial charge in [0, 0.05) is 5.02 Å². The van der Waals surface area contributed by atoms with Crippen molar-refractivity contribution in [2.75, 3.05) is 13.1 Å². The van der Waals surface area contributed by atoms with E-state index in [9.17, 15) is 0 Å². The van der Waals surface area contributed by atoms with Crippen molar-refractivity contribution in [1.29, 1.82) is 0 Å². The molecule has 1 saturated heterocycles. The number of benzene rings is 1. The number of hydrogen-bond acceptors (Lipinski definition) is 2. The van der Waals surface area contributed by atoms with Crippen molar-refractivity contribution in [3.8, 4) is 5.75 Å². The number of hydrogen-bond donors (Lipinski definition) is 1. The molecule has 0 spiro atoms. The van der Waals surface area contributed by atoms with E-state index in [0.29, 0.717) is 5.92 Å². The third kappa shape index (κ3) is 3.36. The van der Waals surface area contributed by atoms with Gasteiger partial charge in [-0.2, -0.15) is 0 Å². The van der Waals surface area contributed by atoms with Crippen molar-refractivity contribution in [3.05, 3.63) is 28.8 Å². The molecule has 1 fully saturated rings. The number of halogens is 1. The molecule has 1 aliphatic heterocycles. The SMILES string of the molecule is CC(C)Oc1ccc(C2CCNCC2)c(Cl)c1. The number of piperidine rings is 1. The normalized spacial score (nSPS) is 17.4. The van der Waals surface area contributed by atoms with Crippen LogP contribution in [0, 0.1) is 0 Å². The smallest absolute Gasteiger partial charge is 0.121 e. The molecule has 3 heteroatoms. The summed E-state index contributed by atoms with van der Waals surface area (Å²) in [4.78, 5) is 0. The lowest BCUT2D eigenvalue weighted by molar-refractivity contribution is 0.242. The van der Waals surface area contributed by atoms with Gasteiger partial charge >= 0.3 is 0 Å². The minimum Gasteiger partial charge on any atom is -0.491 e. The van der Waals surface area contributed by atoms with E-state index in [1.807, 2.05) is 26.0 Å². The van der Waals surface area contributed by atoms with Gasteiger partial charge < -0.3 is 10.1 Å². The highest BCUT2D eigenvalue weighted by molar-refractivity contribution is 6.31. The molecule has 0 atom stereocenters. The zero-order valence-corrected chi connectivity index (χ0v) is 11.3. The van der Waals surface area contributed by atoms with Crippen molar-refractivity contribution >= 4 is 11.6 Å². The topological polar surface area (TPSA) is 21.3 Å². The second-order valence-electron chi connectivity index (χ2n) is 4.87. The maximum Gasteiger partial charge on any atom is 0.121 e. The average Bonchev–Trinajstić information content (AvgIpc) is 2.29. The van der Waals surface area contributed by atoms with Gasteiger partial charge in [0.05, 0.1) is 6.10 Å². The first-order chi connectivity index (χ1) is 8.16. The van der Waals surface area contributed by atoms with Crippen LogP contribution in [0.15, 0.2) is 18.2 Å². The van der Waals surface area contributed by atoms with Crippen LogP contribution >= 0.6 is 11.6 Å². The number of nitrogens with one attached hydrogen (secondary N) is 1. The van der Waals surface area contributed by atoms with Gasteiger partial charge in [-0.05, 0) is 63.4 Å². The lowest BCUT2D eigenvalue weighted by Gasteiger charge is -2.24. The molecule has 0 radical (unpaired) electrons. The van der Waals surface area contributed by atoms with Gasteiger partial charge in [0.25, 0.3) is 0 Å². The number of ether oxygens (including phenoxy) is 1. The van der Waals surface area contributed by atoms with E-state index in [-0.39, 0.29) is 6.10 Å². The van der Waals surface area contributed by atoms with E-state index in [4.69, 9.17) is 16.3 Å². The van der Waals surface area contributed by atoms with Crippen molar-refractivity contribution in [2.45, 2.75) is 38.7 Å². The summed E-state index contributed by atoms with van der Waals surface area (Å²) in [6, 6.07) is 6.10. The molecule has 0 unspecified atom stereocenters. The predicted molar refractivity (Wildman–Crippen MR) is 72.1 cm³/mol. The molecule has 1 aliphatic rings. The van der Waals surface area contributed by atoms with Crippen LogP contribution in [0.4, 0.5) is 0 Å². The van der Waals surface area contributed by atoms with Crippen molar-refractivity contribution in [3.63, 3.8) is 0 Å². The van der Waals surface area contributed by atoms with Crippen LogP contribution in [-0.2, 0) is 0 Å². The summed E-state index contributed by atoms with van der Waals surface area (Å²) >= 11 is 6.35. The summed E-state index contributed by atoms with van der Waals surface area (Å²) in [5, 5.41) is 4.22. The summed E-state index contributed by atoms with van der Waals surface area (Å²) in [7, 11) is 0. The van der Waals surface area contributed by atoms with Crippen LogP contribution in [0.1, 0.15) is 38.2 Å². The van der Waals surface area contributed by atoms with Gasteiger partial charge in [-0.15, -0.1) is 0 Å². The van der Waals surface area contributed by atoms with Gasteiger partial charge in [0.1, 0.15) is 5.75 Å². The fourth-order valence-electron chi connectivity index (χ4n) is 2.32. The third-order valence-electron chi connectivity index (χ3n) is 3.12. The van der Waals surface area contributed by atoms with E-state index < -0.39 is 0 Å². The fourth-order valence-corrected chi connectivity index (χ4v) is 2.64. The Bertz CT molecular complexity index is 372. The Morgan fingerprint density at radius 3 is 2.59 bits per heavy atom. The highest BCUT2D eigenvalue weighted by Crippen LogP contribution is 2.33. The standard InChI is InChI=1S/C14H20ClNO/c1-10(2)17-12-3-4-13(14(15)9-12)11-5-7-16-8-6-11/h3-4,9-11,16H,5-8H2,1-2H3. The van der Waals surface area contributed by atoms with Gasteiger partial charge in [-0.25, -0.2) is 0 Å². The quantitative estimate of drug-likeness (QED) is 0.889. The maximum absolute atomic E-state index is 6.35. The van der Waals surface area contributed by atoms with E-state index in [1.54, 1.807) is 0 Å². The van der Waals surface area contributed by atoms with Crippen LogP contribution < -0.4 is 10.1 Å². The van der Waals surface area contributed by atoms with Crippen LogP contribution in [0.5, 0.6) is 5.75 Å². The average molecular weight is 254 g/mol. The molecule has 0 saturated carbocycles. The molecule has 0 amide bonds. The largest absolute Gasteiger partial charge is 0.491 e. The summed E-state index contributed by atoms with van der Waals surface area (Å²) in [5.74, 6) is 1.46. The minimum absolute atomic E-state index is 0.191. The Hall–Kier alpha value is -0.730. The predicted octanol–water partition coefficient (Wildman–Crippen LogP) is 3.59. The van der Waals surface area contributed by atoms with Gasteiger partial charge in [0.15, 0.2) is 0 Å². The van der Waals surface area contributed by atoms with Crippen molar-refractivity contribution in [1.82, 2.24) is 5.32 Å². The molecular formula is C14H20ClNO. The Morgan fingerprint density at radius 1 is 1.29 bits per heavy atom. The summed E-state index contributed by atoms with van der Waals surface area (Å²) in [6.07, 6.45) is 2.53. The Labute approximate surface area is 108 Å². The summed E-state index contributed by atoms with van der Waals surface area (Å²) in [5.41, 5.74) is 1.27. The molecule has 1 N–H and O–H groups in total. The Kier molecular flexibility index (Phi) is 4.30. The molecule has 2 rings (SSSR count). The van der Waals surface area contributed by atoms with Gasteiger partial charge in [-0.1, -0.05) is 17.7 Å². The first-order valence-corrected chi connectivity index (χ1v) is 6.71. The zero-order valence-electron chi connectivity index (χ0n) is 10.5. The van der Waals surface area contributed by atoms with Crippen molar-refractivity contribution < 1.29 is 4.74 Å². The Morgan fingerprint density at radius 2 is 2.00 bits per heavy atom. The highest BCUT2D eigenvalue weighted by atomic mass is 35.5. The lowest BCUT2D eigenvalue weighted by Crippen LogP contribution is -2.26. The van der Waals surface area contributed by atoms with E-state index in [1.165, 1.54) is 18.4 Å². The van der Waals surface area contributed by atoms with Crippen LogP contribution in [-0.4, -0.2) is 19.2 Å². The molecular weight excluding hydrogens is 234 g/mol. The molecule has 0 bridgehead atoms. The van der Waals surface area contributed by atoms with Crippen LogP contribution in [0.25, 0.3) is 0 Å². The van der Waals surface area contributed by atoms with Crippen molar-refractivity contribution in [2.24, 2.45) is 0 Å². The minimum atomic E-state index is 0.191. The van der Waals surface area contributed by atoms with E-state index in [0.717, 1.165) is 23.9 Å². The fraction of sp³-hybridized carbons (Fsp3) is 0.571. The van der Waals surface area contributed by atoms with Crippen LogP contribution in [0.2, 0.25) is 5.02 Å².